The van der Waals surface area contributed by atoms with Crippen LogP contribution in [-0.4, -0.2) is 19.6 Å². The number of rotatable bonds is 5. The fourth-order valence-corrected chi connectivity index (χ4v) is 1.26. The molecule has 0 bridgehead atoms. The van der Waals surface area contributed by atoms with E-state index >= 15 is 0 Å². The van der Waals surface area contributed by atoms with Gasteiger partial charge < -0.3 is 10.5 Å². The number of aryl methyl sites for hydroxylation is 1. The average molecular weight is 249 g/mol. The summed E-state index contributed by atoms with van der Waals surface area (Å²) < 4.78 is 43.6. The van der Waals surface area contributed by atoms with E-state index in [9.17, 15) is 13.2 Å². The van der Waals surface area contributed by atoms with Crippen LogP contribution in [0.3, 0.4) is 0 Å². The molecule has 0 aliphatic heterocycles. The second kappa shape index (κ2) is 5.77. The van der Waals surface area contributed by atoms with Crippen molar-refractivity contribution in [3.8, 4) is 5.75 Å². The zero-order valence-electron chi connectivity index (χ0n) is 9.38. The summed E-state index contributed by atoms with van der Waals surface area (Å²) in [6.45, 7) is 1.22. The molecule has 0 aliphatic rings. The molecule has 1 aromatic rings. The molecule has 6 heteroatoms. The van der Waals surface area contributed by atoms with E-state index in [1.807, 2.05) is 13.0 Å². The van der Waals surface area contributed by atoms with Crippen molar-refractivity contribution in [2.45, 2.75) is 19.7 Å². The summed E-state index contributed by atoms with van der Waals surface area (Å²) in [5, 5.41) is 0. The molecule has 0 spiro atoms. The van der Waals surface area contributed by atoms with Gasteiger partial charge in [0.25, 0.3) is 0 Å². The molecule has 0 radical (unpaired) electrons. The molecule has 96 valence electrons. The highest BCUT2D eigenvalue weighted by Gasteiger charge is 2.28. The largest absolute Gasteiger partial charge is 0.522 e. The number of hydrogen-bond donors (Lipinski definition) is 1. The third-order valence-corrected chi connectivity index (χ3v) is 2.09. The van der Waals surface area contributed by atoms with E-state index in [2.05, 4.69) is 4.74 Å². The Kier molecular flexibility index (Phi) is 4.62. The van der Waals surface area contributed by atoms with E-state index in [0.29, 0.717) is 11.4 Å². The van der Waals surface area contributed by atoms with Crippen molar-refractivity contribution in [1.29, 1.82) is 0 Å². The maximum atomic E-state index is 11.7. The van der Waals surface area contributed by atoms with Gasteiger partial charge in [0, 0.05) is 0 Å². The summed E-state index contributed by atoms with van der Waals surface area (Å²) in [6.07, 6.45) is -3.79. The fraction of sp³-hybridized carbons (Fsp3) is 0.455. The zero-order valence-corrected chi connectivity index (χ0v) is 9.38. The minimum Gasteiger partial charge on any atom is -0.489 e. The van der Waals surface area contributed by atoms with Gasteiger partial charge in [0.2, 0.25) is 0 Å². The molecule has 1 rings (SSSR count). The van der Waals surface area contributed by atoms with Gasteiger partial charge in [-0.15, -0.1) is 13.2 Å². The molecule has 1 aromatic carbocycles. The SMILES string of the molecule is CCc1ccc(OCCOC(F)(F)F)c(N)c1. The highest BCUT2D eigenvalue weighted by atomic mass is 19.4. The van der Waals surface area contributed by atoms with E-state index in [0.717, 1.165) is 12.0 Å². The van der Waals surface area contributed by atoms with Crippen molar-refractivity contribution in [2.24, 2.45) is 0 Å². The number of hydrogen-bond acceptors (Lipinski definition) is 3. The molecular formula is C11H14F3NO2. The molecule has 3 nitrogen and oxygen atoms in total. The first-order valence-corrected chi connectivity index (χ1v) is 5.14. The average Bonchev–Trinajstić information content (AvgIpc) is 2.24. The van der Waals surface area contributed by atoms with Crippen molar-refractivity contribution in [1.82, 2.24) is 0 Å². The van der Waals surface area contributed by atoms with Crippen LogP contribution < -0.4 is 10.5 Å². The van der Waals surface area contributed by atoms with Gasteiger partial charge in [-0.25, -0.2) is 0 Å². The topological polar surface area (TPSA) is 44.5 Å². The van der Waals surface area contributed by atoms with Crippen LogP contribution >= 0.6 is 0 Å². The molecule has 0 unspecified atom stereocenters. The van der Waals surface area contributed by atoms with Crippen LogP contribution in [0.5, 0.6) is 5.75 Å². The number of nitrogen functional groups attached to an aromatic ring is 1. The number of ether oxygens (including phenoxy) is 2. The molecule has 0 fully saturated rings. The first kappa shape index (κ1) is 13.6. The maximum absolute atomic E-state index is 11.7. The molecule has 17 heavy (non-hydrogen) atoms. The van der Waals surface area contributed by atoms with Gasteiger partial charge in [0.1, 0.15) is 12.4 Å². The quantitative estimate of drug-likeness (QED) is 0.644. The standard InChI is InChI=1S/C11H14F3NO2/c1-2-8-3-4-10(9(15)7-8)16-5-6-17-11(12,13)14/h3-4,7H,2,5-6,15H2,1H3. The van der Waals surface area contributed by atoms with Crippen molar-refractivity contribution in [3.05, 3.63) is 23.8 Å². The summed E-state index contributed by atoms with van der Waals surface area (Å²) >= 11 is 0. The fourth-order valence-electron chi connectivity index (χ4n) is 1.26. The first-order valence-electron chi connectivity index (χ1n) is 5.14. The molecular weight excluding hydrogens is 235 g/mol. The predicted octanol–water partition coefficient (Wildman–Crippen LogP) is 2.75. The lowest BCUT2D eigenvalue weighted by molar-refractivity contribution is -0.325. The smallest absolute Gasteiger partial charge is 0.489 e. The normalized spacial score (nSPS) is 11.5. The van der Waals surface area contributed by atoms with Gasteiger partial charge in [-0.05, 0) is 24.1 Å². The lowest BCUT2D eigenvalue weighted by Crippen LogP contribution is -2.18. The first-order chi connectivity index (χ1) is 7.92. The number of anilines is 1. The number of benzene rings is 1. The van der Waals surface area contributed by atoms with Crippen molar-refractivity contribution < 1.29 is 22.6 Å². The predicted molar refractivity (Wildman–Crippen MR) is 57.7 cm³/mol. The van der Waals surface area contributed by atoms with Gasteiger partial charge in [0.05, 0.1) is 12.3 Å². The summed E-state index contributed by atoms with van der Waals surface area (Å²) in [5.74, 6) is 0.368. The Labute approximate surface area is 97.3 Å². The van der Waals surface area contributed by atoms with E-state index < -0.39 is 13.0 Å². The summed E-state index contributed by atoms with van der Waals surface area (Å²) in [7, 11) is 0. The highest BCUT2D eigenvalue weighted by Crippen LogP contribution is 2.23. The maximum Gasteiger partial charge on any atom is 0.522 e. The minimum atomic E-state index is -4.62. The molecule has 0 saturated carbocycles. The minimum absolute atomic E-state index is 0.199. The lowest BCUT2D eigenvalue weighted by Gasteiger charge is -2.11. The molecule has 0 amide bonds. The van der Waals surface area contributed by atoms with Crippen LogP contribution in [0.1, 0.15) is 12.5 Å². The number of nitrogens with two attached hydrogens (primary N) is 1. The van der Waals surface area contributed by atoms with Gasteiger partial charge in [0.15, 0.2) is 0 Å². The van der Waals surface area contributed by atoms with Crippen LogP contribution in [0, 0.1) is 0 Å². The number of alkyl halides is 3. The molecule has 0 saturated heterocycles. The lowest BCUT2D eigenvalue weighted by atomic mass is 10.1. The van der Waals surface area contributed by atoms with Gasteiger partial charge in [-0.3, -0.25) is 4.74 Å². The van der Waals surface area contributed by atoms with Crippen LogP contribution in [0.4, 0.5) is 18.9 Å². The highest BCUT2D eigenvalue weighted by molar-refractivity contribution is 5.54. The molecule has 0 heterocycles. The Morgan fingerprint density at radius 1 is 1.24 bits per heavy atom. The molecule has 2 N–H and O–H groups in total. The summed E-state index contributed by atoms with van der Waals surface area (Å²) in [4.78, 5) is 0. The zero-order chi connectivity index (χ0) is 12.9. The molecule has 0 aliphatic carbocycles. The third-order valence-electron chi connectivity index (χ3n) is 2.09. The van der Waals surface area contributed by atoms with Crippen LogP contribution in [0.15, 0.2) is 18.2 Å². The van der Waals surface area contributed by atoms with E-state index in [1.165, 1.54) is 0 Å². The second-order valence-electron chi connectivity index (χ2n) is 3.37. The Hall–Kier alpha value is -1.43. The van der Waals surface area contributed by atoms with Crippen LogP contribution in [0.25, 0.3) is 0 Å². The molecule has 0 aromatic heterocycles. The Balaban J connectivity index is 2.42. The second-order valence-corrected chi connectivity index (χ2v) is 3.37. The monoisotopic (exact) mass is 249 g/mol. The third kappa shape index (κ3) is 4.95. The Morgan fingerprint density at radius 3 is 2.47 bits per heavy atom. The Morgan fingerprint density at radius 2 is 1.94 bits per heavy atom. The van der Waals surface area contributed by atoms with Crippen molar-refractivity contribution in [2.75, 3.05) is 18.9 Å². The Bertz CT molecular complexity index is 366. The summed E-state index contributed by atoms with van der Waals surface area (Å²) in [6, 6.07) is 5.19. The van der Waals surface area contributed by atoms with Gasteiger partial charge >= 0.3 is 6.36 Å². The van der Waals surface area contributed by atoms with Crippen LogP contribution in [-0.2, 0) is 11.2 Å². The summed E-state index contributed by atoms with van der Waals surface area (Å²) in [5.41, 5.74) is 7.13. The van der Waals surface area contributed by atoms with Gasteiger partial charge in [-0.1, -0.05) is 13.0 Å². The van der Waals surface area contributed by atoms with E-state index in [1.54, 1.807) is 12.1 Å². The van der Waals surface area contributed by atoms with E-state index in [-0.39, 0.29) is 6.61 Å². The van der Waals surface area contributed by atoms with Crippen molar-refractivity contribution in [3.63, 3.8) is 0 Å². The van der Waals surface area contributed by atoms with Crippen LogP contribution in [0.2, 0.25) is 0 Å². The van der Waals surface area contributed by atoms with Gasteiger partial charge in [-0.2, -0.15) is 0 Å². The van der Waals surface area contributed by atoms with Crippen molar-refractivity contribution >= 4 is 5.69 Å². The van der Waals surface area contributed by atoms with E-state index in [4.69, 9.17) is 10.5 Å². The molecule has 0 atom stereocenters. The number of halogens is 3.